The number of nitrogens with one attached hydrogen (secondary N) is 2. The first-order valence-electron chi connectivity index (χ1n) is 9.27. The Kier molecular flexibility index (Phi) is 7.84. The van der Waals surface area contributed by atoms with E-state index >= 15 is 0 Å². The molecule has 3 unspecified atom stereocenters. The molecular weight excluding hydrogens is 386 g/mol. The number of rotatable bonds is 5. The number of alkyl carbamates (subject to hydrolysis) is 1. The summed E-state index contributed by atoms with van der Waals surface area (Å²) >= 11 is 0. The minimum absolute atomic E-state index is 0.0352. The third kappa shape index (κ3) is 8.55. The molecule has 1 saturated heterocycles. The van der Waals surface area contributed by atoms with Gasteiger partial charge in [-0.25, -0.2) is 14.4 Å². The molecule has 11 nitrogen and oxygen atoms in total. The molecule has 0 saturated carbocycles. The molecule has 1 heterocycles. The average Bonchev–Trinajstić information content (AvgIpc) is 2.93. The Morgan fingerprint density at radius 1 is 1.07 bits per heavy atom. The Balaban J connectivity index is 2.61. The van der Waals surface area contributed by atoms with Crippen LogP contribution in [0.3, 0.4) is 0 Å². The van der Waals surface area contributed by atoms with Gasteiger partial charge in [0, 0.05) is 19.0 Å². The van der Waals surface area contributed by atoms with Gasteiger partial charge in [0.05, 0.1) is 6.54 Å². The number of ether oxygens (including phenoxy) is 2. The lowest BCUT2D eigenvalue weighted by atomic mass is 10.1. The summed E-state index contributed by atoms with van der Waals surface area (Å²) in [5.41, 5.74) is -1.52. The van der Waals surface area contributed by atoms with Crippen LogP contribution in [0, 0.1) is 0 Å². The lowest BCUT2D eigenvalue weighted by Gasteiger charge is -2.26. The number of hydrogen-bond donors (Lipinski definition) is 4. The molecule has 0 aromatic heterocycles. The molecule has 0 bridgehead atoms. The molecule has 29 heavy (non-hydrogen) atoms. The molecule has 0 aromatic carbocycles. The zero-order valence-electron chi connectivity index (χ0n) is 17.6. The highest BCUT2D eigenvalue weighted by atomic mass is 16.6. The Bertz CT molecular complexity index is 638. The molecule has 0 radical (unpaired) electrons. The summed E-state index contributed by atoms with van der Waals surface area (Å²) in [6.07, 6.45) is -3.19. The standard InChI is InChI=1S/C18H31N3O8/c1-17(2,3)28-15(26)19-8-12(22)13(23)20-10-7-11(14(24)25)21(9-10)16(27)29-18(4,5)6/h10-12,22H,7-9H2,1-6H3,(H,19,26)(H,20,23)(H,24,25). The minimum Gasteiger partial charge on any atom is -0.480 e. The molecule has 1 aliphatic heterocycles. The first-order valence-corrected chi connectivity index (χ1v) is 9.27. The van der Waals surface area contributed by atoms with Crippen LogP contribution in [0.15, 0.2) is 0 Å². The average molecular weight is 417 g/mol. The highest BCUT2D eigenvalue weighted by molar-refractivity contribution is 5.84. The van der Waals surface area contributed by atoms with Gasteiger partial charge in [-0.2, -0.15) is 0 Å². The van der Waals surface area contributed by atoms with Crippen molar-refractivity contribution < 1.29 is 38.9 Å². The number of nitrogens with zero attached hydrogens (tertiary/aromatic N) is 1. The van der Waals surface area contributed by atoms with E-state index in [1.165, 1.54) is 0 Å². The second kappa shape index (κ2) is 9.29. The number of amides is 3. The van der Waals surface area contributed by atoms with Crippen LogP contribution in [0.5, 0.6) is 0 Å². The lowest BCUT2D eigenvalue weighted by molar-refractivity contribution is -0.142. The van der Waals surface area contributed by atoms with Crippen molar-refractivity contribution in [1.29, 1.82) is 0 Å². The van der Waals surface area contributed by atoms with E-state index in [1.807, 2.05) is 0 Å². The van der Waals surface area contributed by atoms with Gasteiger partial charge in [0.1, 0.15) is 23.3 Å². The van der Waals surface area contributed by atoms with E-state index in [0.717, 1.165) is 4.90 Å². The summed E-state index contributed by atoms with van der Waals surface area (Å²) in [6.45, 7) is 9.52. The van der Waals surface area contributed by atoms with Crippen LogP contribution in [0.4, 0.5) is 9.59 Å². The van der Waals surface area contributed by atoms with Gasteiger partial charge >= 0.3 is 18.2 Å². The molecule has 0 spiro atoms. The number of likely N-dealkylation sites (tertiary alicyclic amines) is 1. The number of carbonyl (C=O) groups is 4. The quantitative estimate of drug-likeness (QED) is 0.503. The van der Waals surface area contributed by atoms with Gasteiger partial charge in [-0.1, -0.05) is 0 Å². The van der Waals surface area contributed by atoms with Gasteiger partial charge in [0.25, 0.3) is 5.91 Å². The van der Waals surface area contributed by atoms with Gasteiger partial charge in [-0.05, 0) is 41.5 Å². The molecule has 0 aromatic rings. The first kappa shape index (κ1) is 24.5. The topological polar surface area (TPSA) is 154 Å². The largest absolute Gasteiger partial charge is 0.480 e. The second-order valence-corrected chi connectivity index (χ2v) is 8.83. The van der Waals surface area contributed by atoms with Gasteiger partial charge in [0.15, 0.2) is 0 Å². The van der Waals surface area contributed by atoms with E-state index in [1.54, 1.807) is 41.5 Å². The Labute approximate surface area is 169 Å². The lowest BCUT2D eigenvalue weighted by Crippen LogP contribution is -2.48. The van der Waals surface area contributed by atoms with Crippen LogP contribution in [0.1, 0.15) is 48.0 Å². The minimum atomic E-state index is -1.57. The van der Waals surface area contributed by atoms with Crippen LogP contribution in [-0.4, -0.2) is 81.7 Å². The van der Waals surface area contributed by atoms with E-state index in [0.29, 0.717) is 0 Å². The summed E-state index contributed by atoms with van der Waals surface area (Å²) in [7, 11) is 0. The van der Waals surface area contributed by atoms with Crippen LogP contribution >= 0.6 is 0 Å². The van der Waals surface area contributed by atoms with Crippen molar-refractivity contribution in [3.8, 4) is 0 Å². The molecule has 4 N–H and O–H groups in total. The fraction of sp³-hybridized carbons (Fsp3) is 0.778. The van der Waals surface area contributed by atoms with Crippen molar-refractivity contribution in [2.75, 3.05) is 13.1 Å². The highest BCUT2D eigenvalue weighted by Crippen LogP contribution is 2.21. The number of aliphatic hydroxyl groups excluding tert-OH is 1. The van der Waals surface area contributed by atoms with E-state index < -0.39 is 53.5 Å². The Morgan fingerprint density at radius 2 is 1.62 bits per heavy atom. The molecule has 11 heteroatoms. The smallest absolute Gasteiger partial charge is 0.411 e. The van der Waals surface area contributed by atoms with Crippen LogP contribution < -0.4 is 10.6 Å². The fourth-order valence-electron chi connectivity index (χ4n) is 2.58. The van der Waals surface area contributed by atoms with Gasteiger partial charge in [-0.3, -0.25) is 9.69 Å². The Hall–Kier alpha value is -2.56. The van der Waals surface area contributed by atoms with Crippen molar-refractivity contribution in [1.82, 2.24) is 15.5 Å². The van der Waals surface area contributed by atoms with Crippen molar-refractivity contribution in [3.63, 3.8) is 0 Å². The molecule has 3 amide bonds. The monoisotopic (exact) mass is 417 g/mol. The van der Waals surface area contributed by atoms with Crippen LogP contribution in [0.2, 0.25) is 0 Å². The maximum Gasteiger partial charge on any atom is 0.411 e. The van der Waals surface area contributed by atoms with Crippen molar-refractivity contribution in [2.45, 2.75) is 77.4 Å². The number of hydrogen-bond acceptors (Lipinski definition) is 7. The maximum atomic E-state index is 12.2. The van der Waals surface area contributed by atoms with Crippen molar-refractivity contribution >= 4 is 24.1 Å². The molecule has 1 rings (SSSR count). The second-order valence-electron chi connectivity index (χ2n) is 8.83. The molecule has 1 fully saturated rings. The van der Waals surface area contributed by atoms with E-state index in [-0.39, 0.29) is 19.5 Å². The normalized spacial score (nSPS) is 20.6. The third-order valence-corrected chi connectivity index (χ3v) is 3.70. The number of carboxylic acid groups (broad SMARTS) is 1. The van der Waals surface area contributed by atoms with Crippen molar-refractivity contribution in [2.24, 2.45) is 0 Å². The molecule has 1 aliphatic rings. The summed E-state index contributed by atoms with van der Waals surface area (Å²) in [5, 5.41) is 24.0. The predicted molar refractivity (Wildman–Crippen MR) is 101 cm³/mol. The van der Waals surface area contributed by atoms with E-state index in [2.05, 4.69) is 10.6 Å². The highest BCUT2D eigenvalue weighted by Gasteiger charge is 2.42. The van der Waals surface area contributed by atoms with Crippen molar-refractivity contribution in [3.05, 3.63) is 0 Å². The Morgan fingerprint density at radius 3 is 2.10 bits per heavy atom. The van der Waals surface area contributed by atoms with Gasteiger partial charge in [-0.15, -0.1) is 0 Å². The predicted octanol–water partition coefficient (Wildman–Crippen LogP) is 0.451. The number of aliphatic carboxylic acids is 1. The zero-order valence-corrected chi connectivity index (χ0v) is 17.6. The maximum absolute atomic E-state index is 12.2. The fourth-order valence-corrected chi connectivity index (χ4v) is 2.58. The SMILES string of the molecule is CC(C)(C)OC(=O)NCC(O)C(=O)NC1CC(C(=O)O)N(C(=O)OC(C)(C)C)C1. The number of carboxylic acids is 1. The molecular formula is C18H31N3O8. The molecule has 0 aliphatic carbocycles. The number of aliphatic hydroxyl groups is 1. The first-order chi connectivity index (χ1) is 13.1. The number of carbonyl (C=O) groups excluding carboxylic acids is 3. The molecule has 3 atom stereocenters. The van der Waals surface area contributed by atoms with E-state index in [4.69, 9.17) is 9.47 Å². The van der Waals surface area contributed by atoms with Crippen LogP contribution in [-0.2, 0) is 19.1 Å². The summed E-state index contributed by atoms with van der Waals surface area (Å²) < 4.78 is 10.2. The zero-order chi connectivity index (χ0) is 22.6. The van der Waals surface area contributed by atoms with Crippen LogP contribution in [0.25, 0.3) is 0 Å². The summed E-state index contributed by atoms with van der Waals surface area (Å²) in [4.78, 5) is 48.5. The summed E-state index contributed by atoms with van der Waals surface area (Å²) in [6, 6.07) is -1.85. The van der Waals surface area contributed by atoms with Gasteiger partial charge in [0.2, 0.25) is 0 Å². The third-order valence-electron chi connectivity index (χ3n) is 3.70. The van der Waals surface area contributed by atoms with E-state index in [9.17, 15) is 29.4 Å². The summed E-state index contributed by atoms with van der Waals surface area (Å²) in [5.74, 6) is -2.03. The van der Waals surface area contributed by atoms with Gasteiger partial charge < -0.3 is 30.3 Å². The molecule has 166 valence electrons.